The minimum Gasteiger partial charge on any atom is -0.341 e. The van der Waals surface area contributed by atoms with E-state index in [1.807, 2.05) is 41.3 Å². The molecule has 0 aromatic heterocycles. The van der Waals surface area contributed by atoms with Gasteiger partial charge in [0, 0.05) is 24.9 Å². The fourth-order valence-corrected chi connectivity index (χ4v) is 6.47. The Bertz CT molecular complexity index is 870. The van der Waals surface area contributed by atoms with E-state index in [4.69, 9.17) is 0 Å². The van der Waals surface area contributed by atoms with Crippen LogP contribution < -0.4 is 0 Å². The van der Waals surface area contributed by atoms with Gasteiger partial charge in [0.25, 0.3) is 0 Å². The average molecular weight is 384 g/mol. The number of likely N-dealkylation sites (tertiary alicyclic amines) is 1. The summed E-state index contributed by atoms with van der Waals surface area (Å²) in [6, 6.07) is 20.8. The largest absolute Gasteiger partial charge is 0.341 e. The molecule has 0 aliphatic carbocycles. The minimum atomic E-state index is -2.93. The van der Waals surface area contributed by atoms with Gasteiger partial charge in [0.05, 0.1) is 11.5 Å². The number of nitrogens with zero attached hydrogens (tertiary/aromatic N) is 1. The van der Waals surface area contributed by atoms with Crippen LogP contribution in [0.15, 0.2) is 60.7 Å². The fourth-order valence-electron chi connectivity index (χ4n) is 4.62. The Morgan fingerprint density at radius 1 is 0.963 bits per heavy atom. The maximum absolute atomic E-state index is 12.7. The van der Waals surface area contributed by atoms with Crippen LogP contribution in [0.2, 0.25) is 0 Å². The van der Waals surface area contributed by atoms with E-state index in [9.17, 15) is 13.2 Å². The third-order valence-electron chi connectivity index (χ3n) is 6.04. The van der Waals surface area contributed by atoms with Gasteiger partial charge < -0.3 is 4.90 Å². The normalized spacial score (nSPS) is 24.1. The van der Waals surface area contributed by atoms with Gasteiger partial charge in [-0.2, -0.15) is 0 Å². The summed E-state index contributed by atoms with van der Waals surface area (Å²) < 4.78 is 23.7. The second-order valence-electron chi connectivity index (χ2n) is 7.86. The third-order valence-corrected chi connectivity index (χ3v) is 7.87. The zero-order valence-electron chi connectivity index (χ0n) is 15.4. The van der Waals surface area contributed by atoms with Crippen molar-refractivity contribution in [1.29, 1.82) is 0 Å². The highest BCUT2D eigenvalue weighted by molar-refractivity contribution is 7.91. The predicted molar refractivity (Wildman–Crippen MR) is 106 cm³/mol. The first-order valence-electron chi connectivity index (χ1n) is 9.58. The summed E-state index contributed by atoms with van der Waals surface area (Å²) in [6.45, 7) is 1.15. The lowest BCUT2D eigenvalue weighted by Crippen LogP contribution is -2.51. The summed E-state index contributed by atoms with van der Waals surface area (Å²) in [6.07, 6.45) is 1.93. The first kappa shape index (κ1) is 18.2. The summed E-state index contributed by atoms with van der Waals surface area (Å²) in [5.41, 5.74) is 2.19. The van der Waals surface area contributed by atoms with E-state index >= 15 is 0 Å². The predicted octanol–water partition coefficient (Wildman–Crippen LogP) is 3.03. The van der Waals surface area contributed by atoms with E-state index in [1.54, 1.807) is 0 Å². The molecular weight excluding hydrogens is 358 g/mol. The summed E-state index contributed by atoms with van der Waals surface area (Å²) in [4.78, 5) is 14.6. The van der Waals surface area contributed by atoms with Gasteiger partial charge in [0.15, 0.2) is 9.84 Å². The molecule has 5 heteroatoms. The maximum atomic E-state index is 12.7. The highest BCUT2D eigenvalue weighted by atomic mass is 32.2. The number of piperidine rings is 1. The van der Waals surface area contributed by atoms with E-state index in [1.165, 1.54) is 11.1 Å². The van der Waals surface area contributed by atoms with E-state index in [-0.39, 0.29) is 28.7 Å². The van der Waals surface area contributed by atoms with Crippen LogP contribution in [0.3, 0.4) is 0 Å². The molecule has 2 aromatic carbocycles. The Balaban J connectivity index is 1.67. The van der Waals surface area contributed by atoms with Crippen LogP contribution in [-0.2, 0) is 20.0 Å². The monoisotopic (exact) mass is 383 g/mol. The van der Waals surface area contributed by atoms with E-state index < -0.39 is 9.84 Å². The topological polar surface area (TPSA) is 54.5 Å². The molecule has 2 saturated heterocycles. The number of hydrogen-bond donors (Lipinski definition) is 0. The smallest absolute Gasteiger partial charge is 0.222 e. The standard InChI is InChI=1S/C22H25NO3S/c24-21-11-13-22(19-7-3-1-4-8-19,20-9-5-2-6-10-20)17-23(21)15-18-12-14-27(25,26)16-18/h1-10,18H,11-17H2. The number of sulfone groups is 1. The molecule has 1 unspecified atom stereocenters. The van der Waals surface area contributed by atoms with Crippen molar-refractivity contribution in [3.8, 4) is 0 Å². The second kappa shape index (κ2) is 7.12. The highest BCUT2D eigenvalue weighted by Gasteiger charge is 2.42. The van der Waals surface area contributed by atoms with Crippen molar-refractivity contribution in [3.63, 3.8) is 0 Å². The molecule has 2 heterocycles. The molecule has 2 fully saturated rings. The zero-order chi connectivity index (χ0) is 18.9. The maximum Gasteiger partial charge on any atom is 0.222 e. The number of benzene rings is 2. The van der Waals surface area contributed by atoms with Crippen molar-refractivity contribution >= 4 is 15.7 Å². The number of rotatable bonds is 4. The van der Waals surface area contributed by atoms with Crippen molar-refractivity contribution in [3.05, 3.63) is 71.8 Å². The molecule has 4 nitrogen and oxygen atoms in total. The third kappa shape index (κ3) is 3.65. The molecule has 0 radical (unpaired) electrons. The molecule has 2 aliphatic heterocycles. The number of hydrogen-bond acceptors (Lipinski definition) is 3. The van der Waals surface area contributed by atoms with Gasteiger partial charge in [0.2, 0.25) is 5.91 Å². The van der Waals surface area contributed by atoms with Crippen LogP contribution in [0.5, 0.6) is 0 Å². The van der Waals surface area contributed by atoms with E-state index in [0.717, 1.165) is 6.42 Å². The lowest BCUT2D eigenvalue weighted by Gasteiger charge is -2.44. The quantitative estimate of drug-likeness (QED) is 0.815. The van der Waals surface area contributed by atoms with Crippen molar-refractivity contribution in [1.82, 2.24) is 4.90 Å². The Morgan fingerprint density at radius 2 is 1.56 bits per heavy atom. The van der Waals surface area contributed by atoms with E-state index in [2.05, 4.69) is 24.3 Å². The van der Waals surface area contributed by atoms with E-state index in [0.29, 0.717) is 25.9 Å². The SMILES string of the molecule is O=C1CCC(c2ccccc2)(c2ccccc2)CN1CC1CCS(=O)(=O)C1. The first-order chi connectivity index (χ1) is 13.0. The van der Waals surface area contributed by atoms with Gasteiger partial charge in [-0.25, -0.2) is 8.42 Å². The molecule has 0 saturated carbocycles. The van der Waals surface area contributed by atoms with Crippen LogP contribution >= 0.6 is 0 Å². The van der Waals surface area contributed by atoms with Gasteiger partial charge in [-0.15, -0.1) is 0 Å². The van der Waals surface area contributed by atoms with Gasteiger partial charge in [-0.05, 0) is 29.9 Å². The molecule has 1 atom stereocenters. The zero-order valence-corrected chi connectivity index (χ0v) is 16.2. The average Bonchev–Trinajstić information content (AvgIpc) is 3.03. The van der Waals surface area contributed by atoms with Crippen LogP contribution in [0.25, 0.3) is 0 Å². The lowest BCUT2D eigenvalue weighted by molar-refractivity contribution is -0.135. The fraction of sp³-hybridized carbons (Fsp3) is 0.409. The first-order valence-corrected chi connectivity index (χ1v) is 11.4. The van der Waals surface area contributed by atoms with Crippen LogP contribution in [0, 0.1) is 5.92 Å². The molecule has 142 valence electrons. The van der Waals surface area contributed by atoms with Crippen molar-refractivity contribution in [2.24, 2.45) is 5.92 Å². The molecule has 4 rings (SSSR count). The van der Waals surface area contributed by atoms with Gasteiger partial charge in [0.1, 0.15) is 0 Å². The van der Waals surface area contributed by atoms with Gasteiger partial charge in [-0.3, -0.25) is 4.79 Å². The van der Waals surface area contributed by atoms with Gasteiger partial charge in [-0.1, -0.05) is 60.7 Å². The summed E-state index contributed by atoms with van der Waals surface area (Å²) >= 11 is 0. The summed E-state index contributed by atoms with van der Waals surface area (Å²) in [5.74, 6) is 0.658. The number of carbonyl (C=O) groups is 1. The molecular formula is C22H25NO3S. The number of amides is 1. The van der Waals surface area contributed by atoms with Crippen molar-refractivity contribution < 1.29 is 13.2 Å². The van der Waals surface area contributed by atoms with Crippen LogP contribution in [0.1, 0.15) is 30.4 Å². The van der Waals surface area contributed by atoms with Gasteiger partial charge >= 0.3 is 0 Å². The molecule has 1 amide bonds. The number of carbonyl (C=O) groups excluding carboxylic acids is 1. The molecule has 0 N–H and O–H groups in total. The Labute approximate surface area is 161 Å². The van der Waals surface area contributed by atoms with Crippen molar-refractivity contribution in [2.45, 2.75) is 24.7 Å². The Morgan fingerprint density at radius 3 is 2.07 bits per heavy atom. The summed E-state index contributed by atoms with van der Waals surface area (Å²) in [5, 5.41) is 0. The molecule has 0 bridgehead atoms. The Kier molecular flexibility index (Phi) is 4.81. The summed E-state index contributed by atoms with van der Waals surface area (Å²) in [7, 11) is -2.93. The van der Waals surface area contributed by atoms with Crippen LogP contribution in [0.4, 0.5) is 0 Å². The molecule has 0 spiro atoms. The molecule has 2 aromatic rings. The minimum absolute atomic E-state index is 0.0568. The molecule has 27 heavy (non-hydrogen) atoms. The Hall–Kier alpha value is -2.14. The lowest BCUT2D eigenvalue weighted by atomic mass is 9.69. The molecule has 2 aliphatic rings. The highest BCUT2D eigenvalue weighted by Crippen LogP contribution is 2.41. The second-order valence-corrected chi connectivity index (χ2v) is 10.1. The van der Waals surface area contributed by atoms with Crippen LogP contribution in [-0.4, -0.2) is 43.8 Å². The van der Waals surface area contributed by atoms with Crippen molar-refractivity contribution in [2.75, 3.05) is 24.6 Å².